The van der Waals surface area contributed by atoms with Crippen LogP contribution in [-0.4, -0.2) is 71.8 Å². The van der Waals surface area contributed by atoms with Gasteiger partial charge in [-0.1, -0.05) is 0 Å². The minimum atomic E-state index is -0.359. The van der Waals surface area contributed by atoms with Crippen LogP contribution in [0.5, 0.6) is 0 Å². The monoisotopic (exact) mass is 359 g/mol. The molecule has 26 heavy (non-hydrogen) atoms. The largest absolute Gasteiger partial charge is 0.438 e. The molecule has 0 aromatic carbocycles. The molecule has 9 heteroatoms. The zero-order valence-corrected chi connectivity index (χ0v) is 14.6. The number of morpholine rings is 2. The molecule has 4 rings (SSSR count). The summed E-state index contributed by atoms with van der Waals surface area (Å²) in [5.74, 6) is 1.45. The first kappa shape index (κ1) is 16.9. The summed E-state index contributed by atoms with van der Waals surface area (Å²) in [7, 11) is 0. The molecule has 0 bridgehead atoms. The molecule has 9 nitrogen and oxygen atoms in total. The van der Waals surface area contributed by atoms with Crippen molar-refractivity contribution >= 4 is 11.7 Å². The van der Waals surface area contributed by atoms with E-state index in [1.165, 1.54) is 6.39 Å². The molecule has 4 heterocycles. The SMILES string of the molecule is Cc1ncoc1C(=O)N1CCOCC1c1nccc(N2CCOCC2)n1. The highest BCUT2D eigenvalue weighted by molar-refractivity contribution is 5.92. The molecule has 1 atom stereocenters. The van der Waals surface area contributed by atoms with Gasteiger partial charge in [-0.05, 0) is 13.0 Å². The number of rotatable bonds is 3. The van der Waals surface area contributed by atoms with Crippen LogP contribution in [-0.2, 0) is 9.47 Å². The highest BCUT2D eigenvalue weighted by Gasteiger charge is 2.34. The third kappa shape index (κ3) is 3.27. The van der Waals surface area contributed by atoms with Crippen LogP contribution in [0.15, 0.2) is 23.1 Å². The third-order valence-corrected chi connectivity index (χ3v) is 4.62. The number of hydrogen-bond acceptors (Lipinski definition) is 8. The first-order valence-electron chi connectivity index (χ1n) is 8.68. The van der Waals surface area contributed by atoms with Gasteiger partial charge in [0.05, 0.1) is 32.1 Å². The van der Waals surface area contributed by atoms with Crippen LogP contribution >= 0.6 is 0 Å². The van der Waals surface area contributed by atoms with E-state index in [1.807, 2.05) is 6.07 Å². The van der Waals surface area contributed by atoms with Crippen molar-refractivity contribution in [3.63, 3.8) is 0 Å². The van der Waals surface area contributed by atoms with Crippen molar-refractivity contribution in [2.45, 2.75) is 13.0 Å². The van der Waals surface area contributed by atoms with E-state index in [0.29, 0.717) is 44.5 Å². The number of aryl methyl sites for hydroxylation is 1. The van der Waals surface area contributed by atoms with E-state index in [4.69, 9.17) is 18.9 Å². The Morgan fingerprint density at radius 1 is 1.15 bits per heavy atom. The normalized spacial score (nSPS) is 21.0. The predicted octanol–water partition coefficient (Wildman–Crippen LogP) is 0.823. The summed E-state index contributed by atoms with van der Waals surface area (Å²) in [6, 6.07) is 1.52. The van der Waals surface area contributed by atoms with Crippen molar-refractivity contribution in [2.75, 3.05) is 51.0 Å². The van der Waals surface area contributed by atoms with Crippen molar-refractivity contribution in [3.05, 3.63) is 35.9 Å². The van der Waals surface area contributed by atoms with Gasteiger partial charge in [0.15, 0.2) is 12.2 Å². The van der Waals surface area contributed by atoms with E-state index < -0.39 is 0 Å². The summed E-state index contributed by atoms with van der Waals surface area (Å²) in [6.45, 7) is 5.97. The molecule has 0 radical (unpaired) electrons. The first-order valence-corrected chi connectivity index (χ1v) is 8.68. The molecule has 2 fully saturated rings. The quantitative estimate of drug-likeness (QED) is 0.795. The Labute approximate surface area is 150 Å². The number of anilines is 1. The third-order valence-electron chi connectivity index (χ3n) is 4.62. The number of ether oxygens (including phenoxy) is 2. The standard InChI is InChI=1S/C17H21N5O4/c1-12-15(26-11-19-12)17(23)22-6-9-25-10-13(22)16-18-3-2-14(20-16)21-4-7-24-8-5-21/h2-3,11,13H,4-10H2,1H3. The van der Waals surface area contributed by atoms with E-state index in [2.05, 4.69) is 14.9 Å². The van der Waals surface area contributed by atoms with E-state index in [-0.39, 0.29) is 17.7 Å². The molecule has 2 aliphatic heterocycles. The molecule has 2 saturated heterocycles. The Morgan fingerprint density at radius 2 is 1.96 bits per heavy atom. The lowest BCUT2D eigenvalue weighted by molar-refractivity contribution is -0.00679. The molecule has 0 aliphatic carbocycles. The summed E-state index contributed by atoms with van der Waals surface area (Å²) in [6.07, 6.45) is 3.01. The second-order valence-corrected chi connectivity index (χ2v) is 6.23. The van der Waals surface area contributed by atoms with E-state index in [9.17, 15) is 4.79 Å². The van der Waals surface area contributed by atoms with Crippen molar-refractivity contribution in [1.82, 2.24) is 19.9 Å². The van der Waals surface area contributed by atoms with Gasteiger partial charge >= 0.3 is 0 Å². The summed E-state index contributed by atoms with van der Waals surface area (Å²) < 4.78 is 16.3. The van der Waals surface area contributed by atoms with Crippen LogP contribution in [0.1, 0.15) is 28.1 Å². The lowest BCUT2D eigenvalue weighted by Gasteiger charge is -2.34. The second-order valence-electron chi connectivity index (χ2n) is 6.23. The Bertz CT molecular complexity index is 774. The molecule has 2 aliphatic rings. The van der Waals surface area contributed by atoms with Crippen LogP contribution in [0.2, 0.25) is 0 Å². The Balaban J connectivity index is 1.60. The molecule has 0 N–H and O–H groups in total. The molecule has 138 valence electrons. The maximum absolute atomic E-state index is 12.9. The predicted molar refractivity (Wildman–Crippen MR) is 90.9 cm³/mol. The summed E-state index contributed by atoms with van der Waals surface area (Å²) >= 11 is 0. The molecule has 1 amide bonds. The van der Waals surface area contributed by atoms with Crippen LogP contribution in [0.4, 0.5) is 5.82 Å². The van der Waals surface area contributed by atoms with Gasteiger partial charge in [-0.15, -0.1) is 0 Å². The van der Waals surface area contributed by atoms with Gasteiger partial charge in [-0.25, -0.2) is 15.0 Å². The number of nitrogens with zero attached hydrogens (tertiary/aromatic N) is 5. The Kier molecular flexibility index (Phi) is 4.81. The van der Waals surface area contributed by atoms with E-state index >= 15 is 0 Å². The smallest absolute Gasteiger partial charge is 0.292 e. The topological polar surface area (TPSA) is 93.8 Å². The van der Waals surface area contributed by atoms with E-state index in [1.54, 1.807) is 18.0 Å². The fraction of sp³-hybridized carbons (Fsp3) is 0.529. The number of oxazole rings is 1. The second kappa shape index (κ2) is 7.38. The average molecular weight is 359 g/mol. The Hall–Kier alpha value is -2.52. The average Bonchev–Trinajstić information content (AvgIpc) is 3.14. The van der Waals surface area contributed by atoms with Gasteiger partial charge in [0, 0.05) is 25.8 Å². The molecule has 2 aromatic rings. The van der Waals surface area contributed by atoms with Crippen LogP contribution in [0.25, 0.3) is 0 Å². The fourth-order valence-electron chi connectivity index (χ4n) is 3.19. The summed E-state index contributed by atoms with van der Waals surface area (Å²) in [4.78, 5) is 29.9. The van der Waals surface area contributed by atoms with Crippen molar-refractivity contribution < 1.29 is 18.7 Å². The molecular formula is C17H21N5O4. The highest BCUT2D eigenvalue weighted by atomic mass is 16.5. The molecule has 1 unspecified atom stereocenters. The summed E-state index contributed by atoms with van der Waals surface area (Å²) in [5, 5.41) is 0. The molecule has 0 spiro atoms. The number of amides is 1. The first-order chi connectivity index (χ1) is 12.7. The fourth-order valence-corrected chi connectivity index (χ4v) is 3.19. The van der Waals surface area contributed by atoms with Crippen LogP contribution in [0, 0.1) is 6.92 Å². The Morgan fingerprint density at radius 3 is 2.73 bits per heavy atom. The molecule has 2 aromatic heterocycles. The number of carbonyl (C=O) groups is 1. The minimum Gasteiger partial charge on any atom is -0.438 e. The van der Waals surface area contributed by atoms with Gasteiger partial charge in [0.1, 0.15) is 11.9 Å². The van der Waals surface area contributed by atoms with Gasteiger partial charge in [0.25, 0.3) is 5.91 Å². The van der Waals surface area contributed by atoms with Crippen molar-refractivity contribution in [3.8, 4) is 0 Å². The minimum absolute atomic E-state index is 0.214. The molecule has 0 saturated carbocycles. The lowest BCUT2D eigenvalue weighted by Crippen LogP contribution is -2.44. The van der Waals surface area contributed by atoms with Crippen molar-refractivity contribution in [1.29, 1.82) is 0 Å². The zero-order valence-electron chi connectivity index (χ0n) is 14.6. The number of hydrogen-bond donors (Lipinski definition) is 0. The van der Waals surface area contributed by atoms with Gasteiger partial charge in [-0.3, -0.25) is 4.79 Å². The van der Waals surface area contributed by atoms with Crippen LogP contribution < -0.4 is 4.90 Å². The maximum Gasteiger partial charge on any atom is 0.292 e. The van der Waals surface area contributed by atoms with Gasteiger partial charge in [0.2, 0.25) is 5.76 Å². The molecular weight excluding hydrogens is 338 g/mol. The van der Waals surface area contributed by atoms with E-state index in [0.717, 1.165) is 18.9 Å². The van der Waals surface area contributed by atoms with Crippen LogP contribution in [0.3, 0.4) is 0 Å². The highest BCUT2D eigenvalue weighted by Crippen LogP contribution is 2.25. The van der Waals surface area contributed by atoms with Gasteiger partial charge in [-0.2, -0.15) is 0 Å². The lowest BCUT2D eigenvalue weighted by atomic mass is 10.2. The maximum atomic E-state index is 12.9. The number of aromatic nitrogens is 3. The van der Waals surface area contributed by atoms with Gasteiger partial charge < -0.3 is 23.7 Å². The number of carbonyl (C=O) groups excluding carboxylic acids is 1. The zero-order chi connectivity index (χ0) is 17.9. The van der Waals surface area contributed by atoms with Crippen molar-refractivity contribution in [2.24, 2.45) is 0 Å². The summed E-state index contributed by atoms with van der Waals surface area (Å²) in [5.41, 5.74) is 0.572.